The second-order valence-electron chi connectivity index (χ2n) is 11.0. The summed E-state index contributed by atoms with van der Waals surface area (Å²) in [6, 6.07) is 12.4. The molecule has 3 heterocycles. The molecular formula is C29H35BrF2N6O4S. The molecule has 43 heavy (non-hydrogen) atoms. The maximum absolute atomic E-state index is 14.1. The van der Waals surface area contributed by atoms with Gasteiger partial charge in [0.05, 0.1) is 34.8 Å². The number of piperidine rings is 1. The lowest BCUT2D eigenvalue weighted by Crippen LogP contribution is -2.42. The average Bonchev–Trinajstić information content (AvgIpc) is 3.53. The van der Waals surface area contributed by atoms with Gasteiger partial charge in [0.15, 0.2) is 17.5 Å². The first kappa shape index (κ1) is 31.5. The Kier molecular flexibility index (Phi) is 9.81. The van der Waals surface area contributed by atoms with Crippen molar-refractivity contribution < 1.29 is 26.7 Å². The molecule has 0 bridgehead atoms. The average molecular weight is 682 g/mol. The highest BCUT2D eigenvalue weighted by Crippen LogP contribution is 2.38. The Morgan fingerprint density at radius 2 is 1.81 bits per heavy atom. The van der Waals surface area contributed by atoms with Crippen LogP contribution in [-0.2, 0) is 14.8 Å². The number of amides is 2. The molecule has 2 N–H and O–H groups in total. The number of sulfonamides is 1. The van der Waals surface area contributed by atoms with Crippen LogP contribution >= 0.6 is 15.9 Å². The van der Waals surface area contributed by atoms with Gasteiger partial charge in [-0.05, 0) is 58.6 Å². The van der Waals surface area contributed by atoms with Gasteiger partial charge in [0.1, 0.15) is 0 Å². The van der Waals surface area contributed by atoms with Gasteiger partial charge in [0.25, 0.3) is 0 Å². The number of anilines is 1. The van der Waals surface area contributed by atoms with Crippen LogP contribution in [0.4, 0.5) is 19.4 Å². The number of ether oxygens (including phenoxy) is 1. The molecule has 2 aliphatic rings. The molecule has 5 rings (SSSR count). The third-order valence-electron chi connectivity index (χ3n) is 8.09. The summed E-state index contributed by atoms with van der Waals surface area (Å²) in [6.07, 6.45) is 2.41. The van der Waals surface area contributed by atoms with Crippen LogP contribution in [0, 0.1) is 11.6 Å². The Morgan fingerprint density at radius 1 is 1.09 bits per heavy atom. The third-order valence-corrected chi connectivity index (χ3v) is 10.2. The number of likely N-dealkylation sites (tertiary alicyclic amines) is 1. The molecule has 2 saturated heterocycles. The summed E-state index contributed by atoms with van der Waals surface area (Å²) in [6.45, 7) is 2.96. The van der Waals surface area contributed by atoms with Crippen LogP contribution < -0.4 is 10.6 Å². The SMILES string of the molecule is COCCN1CC(NC(=O)Nc2c(Br)c(C3CCN(S(C)(=O)=O)CC3)nn2-c2ccccc2)C(c2ccc(F)c(F)c2)C1. The summed E-state index contributed by atoms with van der Waals surface area (Å²) in [4.78, 5) is 15.6. The zero-order valence-corrected chi connectivity index (χ0v) is 26.4. The summed E-state index contributed by atoms with van der Waals surface area (Å²) < 4.78 is 60.8. The predicted octanol–water partition coefficient (Wildman–Crippen LogP) is 4.29. The van der Waals surface area contributed by atoms with Crippen molar-refractivity contribution in [1.82, 2.24) is 24.3 Å². The molecule has 14 heteroatoms. The fraction of sp³-hybridized carbons (Fsp3) is 0.448. The lowest BCUT2D eigenvalue weighted by molar-refractivity contribution is 0.159. The molecule has 0 radical (unpaired) electrons. The van der Waals surface area contributed by atoms with E-state index in [-0.39, 0.29) is 17.9 Å². The van der Waals surface area contributed by atoms with E-state index in [2.05, 4.69) is 31.5 Å². The van der Waals surface area contributed by atoms with Crippen LogP contribution in [0.5, 0.6) is 0 Å². The lowest BCUT2D eigenvalue weighted by Gasteiger charge is -2.29. The summed E-state index contributed by atoms with van der Waals surface area (Å²) in [5.41, 5.74) is 2.07. The first-order valence-corrected chi connectivity index (χ1v) is 16.7. The number of methoxy groups -OCH3 is 1. The number of aromatic nitrogens is 2. The van der Waals surface area contributed by atoms with E-state index in [4.69, 9.17) is 9.84 Å². The first-order chi connectivity index (χ1) is 20.5. The van der Waals surface area contributed by atoms with Gasteiger partial charge < -0.3 is 10.1 Å². The van der Waals surface area contributed by atoms with Gasteiger partial charge in [-0.2, -0.15) is 5.10 Å². The van der Waals surface area contributed by atoms with Crippen LogP contribution in [-0.4, -0.2) is 92.2 Å². The van der Waals surface area contributed by atoms with Crippen LogP contribution in [0.3, 0.4) is 0 Å². The molecule has 2 fully saturated rings. The third kappa shape index (κ3) is 7.26. The number of halogens is 3. The van der Waals surface area contributed by atoms with Crippen molar-refractivity contribution in [2.24, 2.45) is 0 Å². The second kappa shape index (κ2) is 13.4. The van der Waals surface area contributed by atoms with Crippen LogP contribution in [0.2, 0.25) is 0 Å². The number of para-hydroxylation sites is 1. The smallest absolute Gasteiger partial charge is 0.320 e. The van der Waals surface area contributed by atoms with Crippen molar-refractivity contribution in [2.45, 2.75) is 30.7 Å². The van der Waals surface area contributed by atoms with Gasteiger partial charge in [-0.25, -0.2) is 31.0 Å². The normalized spacial score (nSPS) is 20.4. The molecule has 2 unspecified atom stereocenters. The molecule has 232 valence electrons. The fourth-order valence-corrected chi connectivity index (χ4v) is 7.37. The molecular weight excluding hydrogens is 646 g/mol. The summed E-state index contributed by atoms with van der Waals surface area (Å²) in [7, 11) is -1.66. The summed E-state index contributed by atoms with van der Waals surface area (Å²) in [5.74, 6) is -1.69. The molecule has 10 nitrogen and oxygen atoms in total. The van der Waals surface area contributed by atoms with E-state index in [0.717, 1.165) is 17.4 Å². The zero-order valence-electron chi connectivity index (χ0n) is 24.0. The number of rotatable bonds is 9. The van der Waals surface area contributed by atoms with Crippen molar-refractivity contribution in [3.8, 4) is 5.69 Å². The molecule has 0 spiro atoms. The number of hydrogen-bond acceptors (Lipinski definition) is 6. The van der Waals surface area contributed by atoms with Crippen molar-refractivity contribution in [3.63, 3.8) is 0 Å². The van der Waals surface area contributed by atoms with E-state index < -0.39 is 27.7 Å². The molecule has 2 aliphatic heterocycles. The van der Waals surface area contributed by atoms with E-state index in [1.54, 1.807) is 17.9 Å². The van der Waals surface area contributed by atoms with Gasteiger partial charge in [-0.1, -0.05) is 24.3 Å². The topological polar surface area (TPSA) is 109 Å². The highest BCUT2D eigenvalue weighted by molar-refractivity contribution is 9.10. The molecule has 2 aromatic carbocycles. The van der Waals surface area contributed by atoms with E-state index in [0.29, 0.717) is 68.0 Å². The fourth-order valence-electron chi connectivity index (χ4n) is 5.83. The van der Waals surface area contributed by atoms with E-state index in [1.165, 1.54) is 16.6 Å². The monoisotopic (exact) mass is 680 g/mol. The number of benzene rings is 2. The number of hydrogen-bond donors (Lipinski definition) is 2. The van der Waals surface area contributed by atoms with Crippen molar-refractivity contribution >= 4 is 37.8 Å². The van der Waals surface area contributed by atoms with Crippen molar-refractivity contribution in [3.05, 3.63) is 75.9 Å². The molecule has 0 aliphatic carbocycles. The highest BCUT2D eigenvalue weighted by atomic mass is 79.9. The van der Waals surface area contributed by atoms with Crippen LogP contribution in [0.25, 0.3) is 5.69 Å². The van der Waals surface area contributed by atoms with Crippen molar-refractivity contribution in [1.29, 1.82) is 0 Å². The highest BCUT2D eigenvalue weighted by Gasteiger charge is 2.36. The summed E-state index contributed by atoms with van der Waals surface area (Å²) >= 11 is 3.68. The van der Waals surface area contributed by atoms with Gasteiger partial charge in [-0.3, -0.25) is 10.2 Å². The number of nitrogens with zero attached hydrogens (tertiary/aromatic N) is 4. The predicted molar refractivity (Wildman–Crippen MR) is 163 cm³/mol. The number of carbonyl (C=O) groups is 1. The molecule has 0 saturated carbocycles. The van der Waals surface area contributed by atoms with E-state index in [1.807, 2.05) is 30.3 Å². The Bertz CT molecular complexity index is 1550. The molecule has 2 atom stereocenters. The summed E-state index contributed by atoms with van der Waals surface area (Å²) in [5, 5.41) is 10.9. The first-order valence-electron chi connectivity index (χ1n) is 14.1. The van der Waals surface area contributed by atoms with Crippen molar-refractivity contribution in [2.75, 3.05) is 58.0 Å². The molecule has 1 aromatic heterocycles. The zero-order chi connectivity index (χ0) is 30.7. The van der Waals surface area contributed by atoms with Gasteiger partial charge in [-0.15, -0.1) is 0 Å². The van der Waals surface area contributed by atoms with Crippen LogP contribution in [0.15, 0.2) is 53.0 Å². The van der Waals surface area contributed by atoms with Gasteiger partial charge >= 0.3 is 6.03 Å². The largest absolute Gasteiger partial charge is 0.383 e. The van der Waals surface area contributed by atoms with Gasteiger partial charge in [0, 0.05) is 51.7 Å². The quantitative estimate of drug-likeness (QED) is 0.349. The number of urea groups is 1. The minimum Gasteiger partial charge on any atom is -0.383 e. The van der Waals surface area contributed by atoms with E-state index >= 15 is 0 Å². The Labute approximate surface area is 258 Å². The molecule has 2 amide bonds. The Morgan fingerprint density at radius 3 is 2.47 bits per heavy atom. The molecule has 3 aromatic rings. The minimum absolute atomic E-state index is 0.0112. The lowest BCUT2D eigenvalue weighted by atomic mass is 9.94. The maximum atomic E-state index is 14.1. The Hall–Kier alpha value is -2.91. The number of nitrogens with one attached hydrogen (secondary N) is 2. The van der Waals surface area contributed by atoms with Gasteiger partial charge in [0.2, 0.25) is 10.0 Å². The minimum atomic E-state index is -3.27. The van der Waals surface area contributed by atoms with E-state index in [9.17, 15) is 22.0 Å². The second-order valence-corrected chi connectivity index (χ2v) is 13.7. The van der Waals surface area contributed by atoms with Crippen LogP contribution in [0.1, 0.15) is 35.9 Å². The standard InChI is InChI=1S/C29H35BrF2N6O4S/c1-42-15-14-36-17-22(20-8-9-23(31)24(32)16-20)25(18-36)33-29(39)34-28-26(30)27(35-38(28)21-6-4-3-5-7-21)19-10-12-37(13-11-19)43(2,40)41/h3-9,16,19,22,25H,10-15,17-18H2,1-2H3,(H2,33,34,39). The Balaban J connectivity index is 1.38. The maximum Gasteiger partial charge on any atom is 0.320 e. The number of carbonyl (C=O) groups excluding carboxylic acids is 1.